The molecule has 0 heterocycles. The summed E-state index contributed by atoms with van der Waals surface area (Å²) in [6.45, 7) is 6.45. The second kappa shape index (κ2) is 6.70. The standard InChI is InChI=1S/C14H19N3O3/c1-8(2)15-14(20)11-5-12(16-9(3)18)7-13(6-11)17-10(4)19/h5-8H,1-4H3,(H,15,20)(H,16,18)(H,17,19). The van der Waals surface area contributed by atoms with Gasteiger partial charge >= 0.3 is 0 Å². The van der Waals surface area contributed by atoms with Crippen molar-refractivity contribution in [2.75, 3.05) is 10.6 Å². The summed E-state index contributed by atoms with van der Waals surface area (Å²) < 4.78 is 0. The molecule has 1 aromatic rings. The molecule has 3 amide bonds. The zero-order valence-corrected chi connectivity index (χ0v) is 12.0. The number of carbonyl (C=O) groups excluding carboxylic acids is 3. The van der Waals surface area contributed by atoms with Crippen LogP contribution in [0.2, 0.25) is 0 Å². The van der Waals surface area contributed by atoms with Gasteiger partial charge in [0.25, 0.3) is 5.91 Å². The lowest BCUT2D eigenvalue weighted by atomic mass is 10.1. The first-order chi connectivity index (χ1) is 9.27. The van der Waals surface area contributed by atoms with Crippen LogP contribution >= 0.6 is 0 Å². The molecule has 0 saturated heterocycles. The summed E-state index contributed by atoms with van der Waals surface area (Å²) in [6, 6.07) is 4.71. The fourth-order valence-corrected chi connectivity index (χ4v) is 1.66. The number of hydrogen-bond donors (Lipinski definition) is 3. The Morgan fingerprint density at radius 3 is 1.70 bits per heavy atom. The average Bonchev–Trinajstić information content (AvgIpc) is 2.25. The molecule has 0 fully saturated rings. The van der Waals surface area contributed by atoms with Crippen LogP contribution in [-0.4, -0.2) is 23.8 Å². The van der Waals surface area contributed by atoms with Crippen LogP contribution in [0.15, 0.2) is 18.2 Å². The Balaban J connectivity index is 3.11. The van der Waals surface area contributed by atoms with Crippen LogP contribution in [0.5, 0.6) is 0 Å². The van der Waals surface area contributed by atoms with Gasteiger partial charge in [-0.05, 0) is 32.0 Å². The second-order valence-electron chi connectivity index (χ2n) is 4.79. The summed E-state index contributed by atoms with van der Waals surface area (Å²) in [5, 5.41) is 7.95. The number of carbonyl (C=O) groups is 3. The lowest BCUT2D eigenvalue weighted by Crippen LogP contribution is -2.30. The third-order valence-electron chi connectivity index (χ3n) is 2.26. The van der Waals surface area contributed by atoms with E-state index in [1.807, 2.05) is 13.8 Å². The number of hydrogen-bond acceptors (Lipinski definition) is 3. The Morgan fingerprint density at radius 2 is 1.35 bits per heavy atom. The highest BCUT2D eigenvalue weighted by Gasteiger charge is 2.11. The maximum atomic E-state index is 12.0. The Kier molecular flexibility index (Phi) is 5.25. The van der Waals surface area contributed by atoms with E-state index < -0.39 is 0 Å². The SMILES string of the molecule is CC(=O)Nc1cc(NC(C)=O)cc(C(=O)NC(C)C)c1. The minimum atomic E-state index is -0.265. The molecule has 3 N–H and O–H groups in total. The van der Waals surface area contributed by atoms with E-state index in [2.05, 4.69) is 16.0 Å². The molecule has 0 atom stereocenters. The van der Waals surface area contributed by atoms with Crippen LogP contribution in [0.4, 0.5) is 11.4 Å². The smallest absolute Gasteiger partial charge is 0.251 e. The van der Waals surface area contributed by atoms with E-state index >= 15 is 0 Å². The molecule has 0 aliphatic heterocycles. The summed E-state index contributed by atoms with van der Waals surface area (Å²) in [7, 11) is 0. The molecule has 0 bridgehead atoms. The predicted molar refractivity (Wildman–Crippen MR) is 77.7 cm³/mol. The van der Waals surface area contributed by atoms with E-state index in [0.717, 1.165) is 0 Å². The summed E-state index contributed by atoms with van der Waals surface area (Å²) in [5.74, 6) is -0.765. The molecule has 0 saturated carbocycles. The topological polar surface area (TPSA) is 87.3 Å². The Morgan fingerprint density at radius 1 is 0.900 bits per heavy atom. The summed E-state index contributed by atoms with van der Waals surface area (Å²) in [5.41, 5.74) is 1.28. The number of rotatable bonds is 4. The van der Waals surface area contributed by atoms with E-state index in [9.17, 15) is 14.4 Å². The molecule has 0 radical (unpaired) electrons. The van der Waals surface area contributed by atoms with Gasteiger partial charge in [-0.15, -0.1) is 0 Å². The molecule has 6 nitrogen and oxygen atoms in total. The highest BCUT2D eigenvalue weighted by Crippen LogP contribution is 2.19. The van der Waals surface area contributed by atoms with Gasteiger partial charge in [0.05, 0.1) is 0 Å². The number of benzene rings is 1. The van der Waals surface area contributed by atoms with Crippen LogP contribution < -0.4 is 16.0 Å². The molecule has 0 unspecified atom stereocenters. The van der Waals surface area contributed by atoms with Gasteiger partial charge in [-0.2, -0.15) is 0 Å². The maximum absolute atomic E-state index is 12.0. The Labute approximate surface area is 117 Å². The van der Waals surface area contributed by atoms with Crippen LogP contribution in [0.25, 0.3) is 0 Å². The molecule has 6 heteroatoms. The highest BCUT2D eigenvalue weighted by molar-refractivity contribution is 6.00. The summed E-state index contributed by atoms with van der Waals surface area (Å²) in [4.78, 5) is 34.2. The van der Waals surface area contributed by atoms with Gasteiger partial charge in [0.1, 0.15) is 0 Å². The minimum absolute atomic E-state index is 0.00358. The van der Waals surface area contributed by atoms with Gasteiger partial charge in [0.15, 0.2) is 0 Å². The molecule has 1 aromatic carbocycles. The number of anilines is 2. The molecule has 1 rings (SSSR count). The predicted octanol–water partition coefficient (Wildman–Crippen LogP) is 1.74. The van der Waals surface area contributed by atoms with Gasteiger partial charge in [-0.3, -0.25) is 14.4 Å². The Bertz CT molecular complexity index is 504. The van der Waals surface area contributed by atoms with E-state index in [4.69, 9.17) is 0 Å². The summed E-state index contributed by atoms with van der Waals surface area (Å²) >= 11 is 0. The molecule has 0 aromatic heterocycles. The van der Waals surface area contributed by atoms with Crippen LogP contribution in [-0.2, 0) is 9.59 Å². The highest BCUT2D eigenvalue weighted by atomic mass is 16.2. The van der Waals surface area contributed by atoms with Crippen molar-refractivity contribution in [1.29, 1.82) is 0 Å². The van der Waals surface area contributed by atoms with E-state index in [1.165, 1.54) is 13.8 Å². The first-order valence-electron chi connectivity index (χ1n) is 6.29. The van der Waals surface area contributed by atoms with E-state index in [0.29, 0.717) is 16.9 Å². The Hall–Kier alpha value is -2.37. The van der Waals surface area contributed by atoms with Crippen molar-refractivity contribution >= 4 is 29.1 Å². The first kappa shape index (κ1) is 15.7. The molecular weight excluding hydrogens is 258 g/mol. The van der Waals surface area contributed by atoms with Gasteiger partial charge in [-0.25, -0.2) is 0 Å². The van der Waals surface area contributed by atoms with E-state index in [-0.39, 0.29) is 23.8 Å². The fourth-order valence-electron chi connectivity index (χ4n) is 1.66. The second-order valence-corrected chi connectivity index (χ2v) is 4.79. The molecular formula is C14H19N3O3. The van der Waals surface area contributed by atoms with Crippen molar-refractivity contribution in [3.8, 4) is 0 Å². The van der Waals surface area contributed by atoms with Gasteiger partial charge in [0.2, 0.25) is 11.8 Å². The normalized spacial score (nSPS) is 10.1. The maximum Gasteiger partial charge on any atom is 0.251 e. The zero-order valence-electron chi connectivity index (χ0n) is 12.0. The quantitative estimate of drug-likeness (QED) is 0.783. The summed E-state index contributed by atoms with van der Waals surface area (Å²) in [6.07, 6.45) is 0. The molecule has 0 aliphatic carbocycles. The molecule has 20 heavy (non-hydrogen) atoms. The first-order valence-corrected chi connectivity index (χ1v) is 6.29. The lowest BCUT2D eigenvalue weighted by molar-refractivity contribution is -0.115. The largest absolute Gasteiger partial charge is 0.350 e. The van der Waals surface area contributed by atoms with Crippen LogP contribution in [0.3, 0.4) is 0 Å². The van der Waals surface area contributed by atoms with Gasteiger partial charge in [0, 0.05) is 36.8 Å². The number of nitrogens with one attached hydrogen (secondary N) is 3. The third-order valence-corrected chi connectivity index (χ3v) is 2.26. The third kappa shape index (κ3) is 5.09. The molecule has 0 spiro atoms. The van der Waals surface area contributed by atoms with Crippen molar-refractivity contribution in [2.45, 2.75) is 33.7 Å². The molecule has 0 aliphatic rings. The minimum Gasteiger partial charge on any atom is -0.350 e. The molecule has 108 valence electrons. The average molecular weight is 277 g/mol. The van der Waals surface area contributed by atoms with Gasteiger partial charge < -0.3 is 16.0 Å². The van der Waals surface area contributed by atoms with Gasteiger partial charge in [-0.1, -0.05) is 0 Å². The van der Waals surface area contributed by atoms with E-state index in [1.54, 1.807) is 18.2 Å². The fraction of sp³-hybridized carbons (Fsp3) is 0.357. The van der Waals surface area contributed by atoms with Crippen LogP contribution in [0.1, 0.15) is 38.1 Å². The van der Waals surface area contributed by atoms with Crippen LogP contribution in [0, 0.1) is 0 Å². The zero-order chi connectivity index (χ0) is 15.3. The van der Waals surface area contributed by atoms with Crippen molar-refractivity contribution in [1.82, 2.24) is 5.32 Å². The van der Waals surface area contributed by atoms with Crippen molar-refractivity contribution in [3.63, 3.8) is 0 Å². The van der Waals surface area contributed by atoms with Crippen molar-refractivity contribution in [3.05, 3.63) is 23.8 Å². The number of amides is 3. The van der Waals surface area contributed by atoms with Crippen molar-refractivity contribution in [2.24, 2.45) is 0 Å². The monoisotopic (exact) mass is 277 g/mol. The lowest BCUT2D eigenvalue weighted by Gasteiger charge is -2.12. The van der Waals surface area contributed by atoms with Crippen molar-refractivity contribution < 1.29 is 14.4 Å².